The van der Waals surface area contributed by atoms with Crippen LogP contribution >= 0.6 is 23.7 Å². The first-order valence-corrected chi connectivity index (χ1v) is 8.79. The van der Waals surface area contributed by atoms with Crippen molar-refractivity contribution in [2.45, 2.75) is 12.5 Å². The number of thiazole rings is 1. The molecule has 2 N–H and O–H groups in total. The van der Waals surface area contributed by atoms with Gasteiger partial charge in [0.1, 0.15) is 0 Å². The third-order valence-corrected chi connectivity index (χ3v) is 4.76. The largest absolute Gasteiger partial charge is 0.378 e. The van der Waals surface area contributed by atoms with Gasteiger partial charge < -0.3 is 15.4 Å². The molecule has 1 saturated heterocycles. The fourth-order valence-corrected chi connectivity index (χ4v) is 3.48. The molecular weight excluding hydrogens is 360 g/mol. The number of nitrogens with zero attached hydrogens (tertiary/aromatic N) is 2. The summed E-state index contributed by atoms with van der Waals surface area (Å²) in [5, 5.41) is 8.22. The lowest BCUT2D eigenvalue weighted by Gasteiger charge is -2.23. The number of anilines is 1. The van der Waals surface area contributed by atoms with E-state index in [0.717, 1.165) is 28.5 Å². The Morgan fingerprint density at radius 2 is 2.24 bits per heavy atom. The maximum absolute atomic E-state index is 12.1. The number of aromatic nitrogens is 2. The molecule has 8 heteroatoms. The van der Waals surface area contributed by atoms with Crippen molar-refractivity contribution in [1.82, 2.24) is 14.7 Å². The zero-order chi connectivity index (χ0) is 16.4. The summed E-state index contributed by atoms with van der Waals surface area (Å²) in [7, 11) is 0. The van der Waals surface area contributed by atoms with Gasteiger partial charge in [0.25, 0.3) is 0 Å². The zero-order valence-corrected chi connectivity index (χ0v) is 15.1. The zero-order valence-electron chi connectivity index (χ0n) is 13.5. The van der Waals surface area contributed by atoms with Gasteiger partial charge in [0.05, 0.1) is 18.9 Å². The molecule has 1 aliphatic heterocycles. The van der Waals surface area contributed by atoms with E-state index in [1.165, 1.54) is 0 Å². The van der Waals surface area contributed by atoms with Gasteiger partial charge >= 0.3 is 0 Å². The van der Waals surface area contributed by atoms with Crippen LogP contribution in [0.4, 0.5) is 5.69 Å². The van der Waals surface area contributed by atoms with E-state index in [0.29, 0.717) is 19.6 Å². The summed E-state index contributed by atoms with van der Waals surface area (Å²) in [6, 6.07) is 7.86. The normalized spacial score (nSPS) is 17.2. The number of morpholine rings is 1. The number of halogens is 1. The molecule has 0 saturated carbocycles. The molecule has 0 spiro atoms. The van der Waals surface area contributed by atoms with Crippen LogP contribution < -0.4 is 10.6 Å². The molecule has 2 aromatic heterocycles. The number of rotatable bonds is 4. The molecule has 1 amide bonds. The van der Waals surface area contributed by atoms with E-state index in [1.807, 2.05) is 46.4 Å². The highest BCUT2D eigenvalue weighted by Gasteiger charge is 2.16. The van der Waals surface area contributed by atoms with E-state index in [1.54, 1.807) is 11.3 Å². The van der Waals surface area contributed by atoms with E-state index in [-0.39, 0.29) is 24.4 Å². The van der Waals surface area contributed by atoms with Crippen LogP contribution in [0.5, 0.6) is 0 Å². The standard InChI is InChI=1S/C17H18N4O2S.ClH/c22-16(9-14-11-23-7-5-18-14)19-13-3-1-12(2-4-13)15-10-21-6-8-24-17(21)20-15;/h1-4,6,8,10,14,18H,5,7,9,11H2,(H,19,22);1H. The maximum atomic E-state index is 12.1. The number of carbonyl (C=O) groups is 1. The number of amides is 1. The summed E-state index contributed by atoms with van der Waals surface area (Å²) in [6.07, 6.45) is 4.42. The molecule has 132 valence electrons. The predicted octanol–water partition coefficient (Wildman–Crippen LogP) is 2.80. The second-order valence-electron chi connectivity index (χ2n) is 5.77. The molecule has 0 bridgehead atoms. The molecule has 6 nitrogen and oxygen atoms in total. The Bertz CT molecular complexity index is 811. The molecule has 0 radical (unpaired) electrons. The third-order valence-electron chi connectivity index (χ3n) is 3.99. The molecule has 1 atom stereocenters. The SMILES string of the molecule is Cl.O=C(CC1COCCN1)Nc1ccc(-c2cn3ccsc3n2)cc1. The fraction of sp³-hybridized carbons (Fsp3) is 0.294. The highest BCUT2D eigenvalue weighted by atomic mass is 35.5. The van der Waals surface area contributed by atoms with Crippen LogP contribution in [0.1, 0.15) is 6.42 Å². The van der Waals surface area contributed by atoms with E-state index in [9.17, 15) is 4.79 Å². The number of fused-ring (bicyclic) bond motifs is 1. The first kappa shape index (κ1) is 17.9. The topological polar surface area (TPSA) is 67.7 Å². The summed E-state index contributed by atoms with van der Waals surface area (Å²) < 4.78 is 7.37. The fourth-order valence-electron chi connectivity index (χ4n) is 2.78. The van der Waals surface area contributed by atoms with E-state index in [4.69, 9.17) is 4.74 Å². The van der Waals surface area contributed by atoms with Crippen molar-refractivity contribution in [2.24, 2.45) is 0 Å². The molecule has 4 rings (SSSR count). The van der Waals surface area contributed by atoms with Gasteiger partial charge in [-0.2, -0.15) is 0 Å². The van der Waals surface area contributed by atoms with Crippen LogP contribution in [0, 0.1) is 0 Å². The quantitative estimate of drug-likeness (QED) is 0.732. The molecule has 25 heavy (non-hydrogen) atoms. The average molecular weight is 379 g/mol. The minimum Gasteiger partial charge on any atom is -0.378 e. The maximum Gasteiger partial charge on any atom is 0.226 e. The molecular formula is C17H19ClN4O2S. The van der Waals surface area contributed by atoms with Crippen molar-refractivity contribution >= 4 is 40.3 Å². The first-order valence-electron chi connectivity index (χ1n) is 7.91. The average Bonchev–Trinajstić information content (AvgIpc) is 3.18. The Labute approximate surface area is 155 Å². The first-order chi connectivity index (χ1) is 11.8. The van der Waals surface area contributed by atoms with E-state index >= 15 is 0 Å². The van der Waals surface area contributed by atoms with Gasteiger partial charge in [-0.15, -0.1) is 23.7 Å². The number of carbonyl (C=O) groups excluding carboxylic acids is 1. The van der Waals surface area contributed by atoms with Crippen molar-refractivity contribution in [2.75, 3.05) is 25.1 Å². The van der Waals surface area contributed by atoms with Crippen molar-refractivity contribution in [3.63, 3.8) is 0 Å². The number of hydrogen-bond acceptors (Lipinski definition) is 5. The van der Waals surface area contributed by atoms with Crippen LogP contribution in [-0.4, -0.2) is 41.1 Å². The van der Waals surface area contributed by atoms with Gasteiger partial charge in [0, 0.05) is 48.0 Å². The Balaban J connectivity index is 0.00000182. The van der Waals surface area contributed by atoms with E-state index in [2.05, 4.69) is 15.6 Å². The van der Waals surface area contributed by atoms with Crippen molar-refractivity contribution in [3.8, 4) is 11.3 Å². The Morgan fingerprint density at radius 1 is 1.40 bits per heavy atom. The molecule has 1 unspecified atom stereocenters. The van der Waals surface area contributed by atoms with Gasteiger partial charge in [-0.1, -0.05) is 12.1 Å². The summed E-state index contributed by atoms with van der Waals surface area (Å²) in [5.41, 5.74) is 2.76. The Morgan fingerprint density at radius 3 is 2.96 bits per heavy atom. The molecule has 1 aliphatic rings. The number of benzene rings is 1. The number of hydrogen-bond donors (Lipinski definition) is 2. The van der Waals surface area contributed by atoms with Crippen molar-refractivity contribution < 1.29 is 9.53 Å². The monoisotopic (exact) mass is 378 g/mol. The number of imidazole rings is 1. The highest BCUT2D eigenvalue weighted by Crippen LogP contribution is 2.23. The Hall–Kier alpha value is -1.93. The minimum absolute atomic E-state index is 0. The van der Waals surface area contributed by atoms with E-state index < -0.39 is 0 Å². The van der Waals surface area contributed by atoms with Gasteiger partial charge in [0.15, 0.2) is 4.96 Å². The van der Waals surface area contributed by atoms with Gasteiger partial charge in [-0.3, -0.25) is 9.20 Å². The highest BCUT2D eigenvalue weighted by molar-refractivity contribution is 7.15. The molecule has 1 aromatic carbocycles. The summed E-state index contributed by atoms with van der Waals surface area (Å²) in [4.78, 5) is 17.7. The van der Waals surface area contributed by atoms with Crippen molar-refractivity contribution in [3.05, 3.63) is 42.0 Å². The number of ether oxygens (including phenoxy) is 1. The van der Waals surface area contributed by atoms with Gasteiger partial charge in [-0.05, 0) is 12.1 Å². The lowest BCUT2D eigenvalue weighted by molar-refractivity contribution is -0.117. The predicted molar refractivity (Wildman–Crippen MR) is 102 cm³/mol. The Kier molecular flexibility index (Phi) is 5.70. The van der Waals surface area contributed by atoms with Crippen LogP contribution in [0.2, 0.25) is 0 Å². The lowest BCUT2D eigenvalue weighted by atomic mass is 10.1. The third kappa shape index (κ3) is 4.19. The van der Waals surface area contributed by atoms with Crippen LogP contribution in [-0.2, 0) is 9.53 Å². The van der Waals surface area contributed by atoms with Crippen LogP contribution in [0.25, 0.3) is 16.2 Å². The van der Waals surface area contributed by atoms with Crippen LogP contribution in [0.15, 0.2) is 42.0 Å². The molecule has 3 heterocycles. The van der Waals surface area contributed by atoms with Crippen LogP contribution in [0.3, 0.4) is 0 Å². The lowest BCUT2D eigenvalue weighted by Crippen LogP contribution is -2.43. The van der Waals surface area contributed by atoms with Gasteiger partial charge in [-0.25, -0.2) is 4.98 Å². The summed E-state index contributed by atoms with van der Waals surface area (Å²) in [5.74, 6) is -0.00625. The minimum atomic E-state index is -0.00625. The second-order valence-corrected chi connectivity index (χ2v) is 6.65. The second kappa shape index (κ2) is 7.97. The van der Waals surface area contributed by atoms with Crippen molar-refractivity contribution in [1.29, 1.82) is 0 Å². The smallest absolute Gasteiger partial charge is 0.226 e. The molecule has 1 fully saturated rings. The summed E-state index contributed by atoms with van der Waals surface area (Å²) >= 11 is 1.61. The summed E-state index contributed by atoms with van der Waals surface area (Å²) in [6.45, 7) is 2.10. The number of nitrogens with one attached hydrogen (secondary N) is 2. The van der Waals surface area contributed by atoms with Gasteiger partial charge in [0.2, 0.25) is 5.91 Å². The molecule has 0 aliphatic carbocycles. The molecule has 3 aromatic rings.